The zero-order valence-corrected chi connectivity index (χ0v) is 9.10. The van der Waals surface area contributed by atoms with E-state index in [1.54, 1.807) is 0 Å². The molecule has 1 fully saturated rings. The Balaban J connectivity index is 2.50. The number of hydrogen-bond acceptors (Lipinski definition) is 3. The van der Waals surface area contributed by atoms with Crippen molar-refractivity contribution >= 4 is 5.97 Å². The van der Waals surface area contributed by atoms with E-state index < -0.39 is 0 Å². The van der Waals surface area contributed by atoms with Crippen LogP contribution in [0.4, 0.5) is 0 Å². The minimum Gasteiger partial charge on any atom is -0.459 e. The van der Waals surface area contributed by atoms with Gasteiger partial charge >= 0.3 is 5.97 Å². The first kappa shape index (κ1) is 10.5. The van der Waals surface area contributed by atoms with Crippen LogP contribution in [0.2, 0.25) is 0 Å². The van der Waals surface area contributed by atoms with Crippen molar-refractivity contribution in [3.8, 4) is 0 Å². The molecule has 1 aliphatic rings. The lowest BCUT2D eigenvalue weighted by Crippen LogP contribution is -2.64. The topological polar surface area (TPSA) is 38.3 Å². The summed E-state index contributed by atoms with van der Waals surface area (Å²) in [6, 6.07) is -0.133. The van der Waals surface area contributed by atoms with Crippen LogP contribution in [0.15, 0.2) is 0 Å². The van der Waals surface area contributed by atoms with Crippen LogP contribution >= 0.6 is 0 Å². The third kappa shape index (κ3) is 2.44. The van der Waals surface area contributed by atoms with Crippen LogP contribution in [-0.4, -0.2) is 24.2 Å². The van der Waals surface area contributed by atoms with Gasteiger partial charge in [0.2, 0.25) is 0 Å². The van der Waals surface area contributed by atoms with E-state index >= 15 is 0 Å². The fourth-order valence-corrected chi connectivity index (χ4v) is 1.38. The van der Waals surface area contributed by atoms with Gasteiger partial charge in [-0.05, 0) is 20.8 Å². The lowest BCUT2D eigenvalue weighted by molar-refractivity contribution is -0.164. The van der Waals surface area contributed by atoms with E-state index in [0.29, 0.717) is 0 Å². The highest BCUT2D eigenvalue weighted by molar-refractivity contribution is 5.78. The molecule has 0 aliphatic carbocycles. The SMILES string of the molecule is CC(C)(C)OC(=O)C1NCC1(C)C. The summed E-state index contributed by atoms with van der Waals surface area (Å²) in [4.78, 5) is 11.6. The third-order valence-corrected chi connectivity index (χ3v) is 2.19. The lowest BCUT2D eigenvalue weighted by Gasteiger charge is -2.44. The van der Waals surface area contributed by atoms with Gasteiger partial charge in [0.15, 0.2) is 0 Å². The van der Waals surface area contributed by atoms with Gasteiger partial charge < -0.3 is 10.1 Å². The van der Waals surface area contributed by atoms with Crippen LogP contribution in [-0.2, 0) is 9.53 Å². The average Bonchev–Trinajstić information content (AvgIpc) is 1.80. The summed E-state index contributed by atoms with van der Waals surface area (Å²) in [5, 5.41) is 3.08. The Morgan fingerprint density at radius 3 is 2.23 bits per heavy atom. The van der Waals surface area contributed by atoms with Crippen LogP contribution in [0.25, 0.3) is 0 Å². The summed E-state index contributed by atoms with van der Waals surface area (Å²) in [6.07, 6.45) is 0. The summed E-state index contributed by atoms with van der Waals surface area (Å²) >= 11 is 0. The van der Waals surface area contributed by atoms with E-state index in [9.17, 15) is 4.79 Å². The average molecular weight is 185 g/mol. The fraction of sp³-hybridized carbons (Fsp3) is 0.900. The first-order valence-corrected chi connectivity index (χ1v) is 4.69. The van der Waals surface area contributed by atoms with E-state index in [1.165, 1.54) is 0 Å². The molecule has 1 saturated heterocycles. The van der Waals surface area contributed by atoms with Crippen molar-refractivity contribution in [2.75, 3.05) is 6.54 Å². The highest BCUT2D eigenvalue weighted by atomic mass is 16.6. The largest absolute Gasteiger partial charge is 0.459 e. The smallest absolute Gasteiger partial charge is 0.324 e. The van der Waals surface area contributed by atoms with E-state index in [2.05, 4.69) is 19.2 Å². The number of ether oxygens (including phenoxy) is 1. The first-order valence-electron chi connectivity index (χ1n) is 4.69. The van der Waals surface area contributed by atoms with Gasteiger partial charge in [-0.3, -0.25) is 4.79 Å². The summed E-state index contributed by atoms with van der Waals surface area (Å²) < 4.78 is 5.28. The normalized spacial score (nSPS) is 26.4. The molecule has 1 N–H and O–H groups in total. The molecule has 1 unspecified atom stereocenters. The van der Waals surface area contributed by atoms with Gasteiger partial charge in [0.05, 0.1) is 0 Å². The van der Waals surface area contributed by atoms with Crippen LogP contribution in [0.1, 0.15) is 34.6 Å². The lowest BCUT2D eigenvalue weighted by atomic mass is 9.77. The Bertz CT molecular complexity index is 215. The van der Waals surface area contributed by atoms with E-state index in [0.717, 1.165) is 6.54 Å². The minimum absolute atomic E-state index is 0.0440. The molecule has 0 aromatic heterocycles. The third-order valence-electron chi connectivity index (χ3n) is 2.19. The van der Waals surface area contributed by atoms with Gasteiger partial charge in [-0.15, -0.1) is 0 Å². The summed E-state index contributed by atoms with van der Waals surface area (Å²) in [6.45, 7) is 10.7. The van der Waals surface area contributed by atoms with Crippen molar-refractivity contribution in [2.45, 2.75) is 46.3 Å². The molecule has 13 heavy (non-hydrogen) atoms. The van der Waals surface area contributed by atoms with Gasteiger partial charge in [-0.2, -0.15) is 0 Å². The molecule has 0 aromatic carbocycles. The zero-order chi connectivity index (χ0) is 10.3. The maximum absolute atomic E-state index is 11.6. The molecule has 0 bridgehead atoms. The summed E-state index contributed by atoms with van der Waals surface area (Å²) in [7, 11) is 0. The fourth-order valence-electron chi connectivity index (χ4n) is 1.38. The highest BCUT2D eigenvalue weighted by Crippen LogP contribution is 2.29. The molecule has 1 rings (SSSR count). The van der Waals surface area contributed by atoms with E-state index in [4.69, 9.17) is 4.74 Å². The van der Waals surface area contributed by atoms with Gasteiger partial charge in [0, 0.05) is 12.0 Å². The molecule has 1 aliphatic heterocycles. The molecule has 0 saturated carbocycles. The minimum atomic E-state index is -0.384. The highest BCUT2D eigenvalue weighted by Gasteiger charge is 2.45. The predicted molar refractivity (Wildman–Crippen MR) is 51.4 cm³/mol. The Morgan fingerprint density at radius 2 is 2.00 bits per heavy atom. The van der Waals surface area contributed by atoms with Gasteiger partial charge in [0.25, 0.3) is 0 Å². The van der Waals surface area contributed by atoms with Crippen molar-refractivity contribution in [3.05, 3.63) is 0 Å². The van der Waals surface area contributed by atoms with Crippen molar-refractivity contribution in [2.24, 2.45) is 5.41 Å². The molecular weight excluding hydrogens is 166 g/mol. The Labute approximate surface area is 79.8 Å². The van der Waals surface area contributed by atoms with Crippen LogP contribution in [0, 0.1) is 5.41 Å². The van der Waals surface area contributed by atoms with E-state index in [-0.39, 0.29) is 23.0 Å². The molecular formula is C10H19NO2. The monoisotopic (exact) mass is 185 g/mol. The number of hydrogen-bond donors (Lipinski definition) is 1. The second-order valence-electron chi connectivity index (χ2n) is 5.34. The summed E-state index contributed by atoms with van der Waals surface area (Å²) in [5.41, 5.74) is -0.341. The molecule has 0 spiro atoms. The molecule has 1 heterocycles. The van der Waals surface area contributed by atoms with Crippen molar-refractivity contribution in [1.82, 2.24) is 5.32 Å². The van der Waals surface area contributed by atoms with Crippen molar-refractivity contribution in [1.29, 1.82) is 0 Å². The second kappa shape index (κ2) is 2.98. The summed E-state index contributed by atoms with van der Waals surface area (Å²) in [5.74, 6) is -0.135. The van der Waals surface area contributed by atoms with Gasteiger partial charge in [-0.1, -0.05) is 13.8 Å². The molecule has 0 radical (unpaired) electrons. The Hall–Kier alpha value is -0.570. The van der Waals surface area contributed by atoms with E-state index in [1.807, 2.05) is 20.8 Å². The molecule has 0 aromatic rings. The number of rotatable bonds is 1. The standard InChI is InChI=1S/C10H19NO2/c1-9(2,3)13-8(12)7-10(4,5)6-11-7/h7,11H,6H2,1-5H3. The van der Waals surface area contributed by atoms with Crippen molar-refractivity contribution < 1.29 is 9.53 Å². The maximum atomic E-state index is 11.6. The molecule has 1 atom stereocenters. The molecule has 0 amide bonds. The van der Waals surface area contributed by atoms with Gasteiger partial charge in [0.1, 0.15) is 11.6 Å². The second-order valence-corrected chi connectivity index (χ2v) is 5.34. The van der Waals surface area contributed by atoms with Crippen molar-refractivity contribution in [3.63, 3.8) is 0 Å². The number of carbonyl (C=O) groups is 1. The van der Waals surface area contributed by atoms with Crippen LogP contribution in [0.5, 0.6) is 0 Å². The Kier molecular flexibility index (Phi) is 2.41. The zero-order valence-electron chi connectivity index (χ0n) is 9.10. The maximum Gasteiger partial charge on any atom is 0.324 e. The first-order chi connectivity index (χ1) is 5.72. The number of nitrogens with one attached hydrogen (secondary N) is 1. The predicted octanol–water partition coefficient (Wildman–Crippen LogP) is 1.33. The van der Waals surface area contributed by atoms with Crippen LogP contribution < -0.4 is 5.32 Å². The molecule has 3 nitrogen and oxygen atoms in total. The Morgan fingerprint density at radius 1 is 1.46 bits per heavy atom. The number of carbonyl (C=O) groups excluding carboxylic acids is 1. The molecule has 3 heteroatoms. The molecule has 76 valence electrons. The quantitative estimate of drug-likeness (QED) is 0.626. The van der Waals surface area contributed by atoms with Gasteiger partial charge in [-0.25, -0.2) is 0 Å². The number of esters is 1. The van der Waals surface area contributed by atoms with Crippen LogP contribution in [0.3, 0.4) is 0 Å².